The van der Waals surface area contributed by atoms with E-state index in [1.54, 1.807) is 0 Å². The Morgan fingerprint density at radius 3 is 2.75 bits per heavy atom. The summed E-state index contributed by atoms with van der Waals surface area (Å²) in [5, 5.41) is 3.36. The first-order chi connectivity index (χ1) is 7.75. The van der Waals surface area contributed by atoms with Crippen LogP contribution in [-0.4, -0.2) is 49.0 Å². The lowest BCUT2D eigenvalue weighted by Gasteiger charge is -2.11. The molecule has 1 aliphatic rings. The van der Waals surface area contributed by atoms with Crippen molar-refractivity contribution >= 4 is 17.7 Å². The van der Waals surface area contributed by atoms with Gasteiger partial charge in [0.25, 0.3) is 0 Å². The second-order valence-corrected chi connectivity index (χ2v) is 5.45. The summed E-state index contributed by atoms with van der Waals surface area (Å²) < 4.78 is 0. The van der Waals surface area contributed by atoms with Crippen molar-refractivity contribution in [3.05, 3.63) is 0 Å². The number of carbonyl (C=O) groups is 1. The molecule has 0 radical (unpaired) electrons. The number of thioether (sulfide) groups is 1. The van der Waals surface area contributed by atoms with E-state index in [1.165, 1.54) is 31.4 Å². The van der Waals surface area contributed by atoms with Gasteiger partial charge in [-0.1, -0.05) is 12.8 Å². The molecule has 0 aliphatic carbocycles. The van der Waals surface area contributed by atoms with E-state index in [9.17, 15) is 4.79 Å². The number of rotatable bonds is 8. The van der Waals surface area contributed by atoms with Gasteiger partial charge < -0.3 is 10.2 Å². The predicted octanol–water partition coefficient (Wildman–Crippen LogP) is 1.73. The molecule has 0 saturated carbocycles. The summed E-state index contributed by atoms with van der Waals surface area (Å²) in [6, 6.07) is 0.0937. The number of hydrogen-bond donors (Lipinski definition) is 1. The lowest BCUT2D eigenvalue weighted by molar-refractivity contribution is -0.128. The molecule has 0 bridgehead atoms. The van der Waals surface area contributed by atoms with Crippen LogP contribution >= 0.6 is 11.8 Å². The molecule has 1 fully saturated rings. The fraction of sp³-hybridized carbons (Fsp3) is 0.917. The summed E-state index contributed by atoms with van der Waals surface area (Å²) in [7, 11) is 1.88. The maximum absolute atomic E-state index is 11.6. The van der Waals surface area contributed by atoms with Crippen LogP contribution < -0.4 is 5.32 Å². The first-order valence-electron chi connectivity index (χ1n) is 6.23. The van der Waals surface area contributed by atoms with Gasteiger partial charge in [0, 0.05) is 13.6 Å². The molecule has 0 aromatic carbocycles. The van der Waals surface area contributed by atoms with Gasteiger partial charge in [-0.2, -0.15) is 11.8 Å². The highest BCUT2D eigenvalue weighted by atomic mass is 32.2. The minimum atomic E-state index is 0.0937. The Morgan fingerprint density at radius 1 is 1.38 bits per heavy atom. The van der Waals surface area contributed by atoms with E-state index in [-0.39, 0.29) is 11.9 Å². The Kier molecular flexibility index (Phi) is 6.88. The van der Waals surface area contributed by atoms with Crippen LogP contribution in [0.3, 0.4) is 0 Å². The van der Waals surface area contributed by atoms with Crippen molar-refractivity contribution in [1.29, 1.82) is 0 Å². The van der Waals surface area contributed by atoms with Gasteiger partial charge >= 0.3 is 0 Å². The van der Waals surface area contributed by atoms with Crippen molar-refractivity contribution in [3.63, 3.8) is 0 Å². The molecular weight excluding hydrogens is 220 g/mol. The normalized spacial score (nSPS) is 20.8. The van der Waals surface area contributed by atoms with Gasteiger partial charge in [-0.25, -0.2) is 0 Å². The van der Waals surface area contributed by atoms with Crippen molar-refractivity contribution in [2.75, 3.05) is 32.1 Å². The lowest BCUT2D eigenvalue weighted by Crippen LogP contribution is -2.37. The predicted molar refractivity (Wildman–Crippen MR) is 70.9 cm³/mol. The minimum absolute atomic E-state index is 0.0937. The van der Waals surface area contributed by atoms with Gasteiger partial charge in [-0.15, -0.1) is 0 Å². The molecule has 1 saturated heterocycles. The SMILES string of the molecule is CSCCCCCCNC1CCN(C)C1=O. The number of likely N-dealkylation sites (tertiary alicyclic amines) is 1. The zero-order valence-electron chi connectivity index (χ0n) is 10.5. The van der Waals surface area contributed by atoms with Crippen LogP contribution in [0.15, 0.2) is 0 Å². The van der Waals surface area contributed by atoms with E-state index in [0.29, 0.717) is 0 Å². The molecule has 0 aromatic heterocycles. The topological polar surface area (TPSA) is 32.3 Å². The largest absolute Gasteiger partial charge is 0.344 e. The van der Waals surface area contributed by atoms with Gasteiger partial charge in [0.05, 0.1) is 6.04 Å². The number of likely N-dealkylation sites (N-methyl/N-ethyl adjacent to an activating group) is 1. The molecule has 1 unspecified atom stereocenters. The molecule has 1 atom stereocenters. The van der Waals surface area contributed by atoms with Crippen molar-refractivity contribution < 1.29 is 4.79 Å². The summed E-state index contributed by atoms with van der Waals surface area (Å²) in [5.74, 6) is 1.54. The molecule has 1 heterocycles. The third-order valence-electron chi connectivity index (χ3n) is 3.09. The summed E-state index contributed by atoms with van der Waals surface area (Å²) in [5.41, 5.74) is 0. The van der Waals surface area contributed by atoms with Crippen LogP contribution in [0.5, 0.6) is 0 Å². The Labute approximate surface area is 103 Å². The number of nitrogens with zero attached hydrogens (tertiary/aromatic N) is 1. The second-order valence-electron chi connectivity index (χ2n) is 4.46. The molecule has 0 spiro atoms. The van der Waals surface area contributed by atoms with Gasteiger partial charge in [0.15, 0.2) is 0 Å². The Morgan fingerprint density at radius 2 is 2.12 bits per heavy atom. The number of carbonyl (C=O) groups excluding carboxylic acids is 1. The van der Waals surface area contributed by atoms with Crippen LogP contribution in [0.4, 0.5) is 0 Å². The summed E-state index contributed by atoms with van der Waals surface area (Å²) in [4.78, 5) is 13.4. The van der Waals surface area contributed by atoms with Gasteiger partial charge in [0.1, 0.15) is 0 Å². The van der Waals surface area contributed by atoms with E-state index in [2.05, 4.69) is 11.6 Å². The van der Waals surface area contributed by atoms with E-state index < -0.39 is 0 Å². The molecule has 3 nitrogen and oxygen atoms in total. The third-order valence-corrected chi connectivity index (χ3v) is 3.79. The summed E-state index contributed by atoms with van der Waals surface area (Å²) in [6.45, 7) is 1.90. The molecule has 1 N–H and O–H groups in total. The Hall–Kier alpha value is -0.220. The monoisotopic (exact) mass is 244 g/mol. The number of nitrogens with one attached hydrogen (secondary N) is 1. The van der Waals surface area contributed by atoms with E-state index in [4.69, 9.17) is 0 Å². The van der Waals surface area contributed by atoms with Crippen molar-refractivity contribution in [2.45, 2.75) is 38.1 Å². The van der Waals surface area contributed by atoms with Crippen LogP contribution in [0.1, 0.15) is 32.1 Å². The quantitative estimate of drug-likeness (QED) is 0.660. The molecule has 1 rings (SSSR count). The molecule has 4 heteroatoms. The Balaban J connectivity index is 1.93. The second kappa shape index (κ2) is 7.96. The lowest BCUT2D eigenvalue weighted by atomic mass is 10.2. The fourth-order valence-corrected chi connectivity index (χ4v) is 2.51. The Bertz CT molecular complexity index is 211. The van der Waals surface area contributed by atoms with Crippen molar-refractivity contribution in [1.82, 2.24) is 10.2 Å². The first kappa shape index (κ1) is 13.8. The average molecular weight is 244 g/mol. The van der Waals surface area contributed by atoms with Gasteiger partial charge in [-0.05, 0) is 37.8 Å². The fourth-order valence-electron chi connectivity index (χ4n) is 2.01. The van der Waals surface area contributed by atoms with E-state index in [0.717, 1.165) is 19.5 Å². The van der Waals surface area contributed by atoms with Gasteiger partial charge in [0.2, 0.25) is 5.91 Å². The molecule has 16 heavy (non-hydrogen) atoms. The van der Waals surface area contributed by atoms with Crippen molar-refractivity contribution in [2.24, 2.45) is 0 Å². The van der Waals surface area contributed by atoms with E-state index >= 15 is 0 Å². The van der Waals surface area contributed by atoms with E-state index in [1.807, 2.05) is 23.7 Å². The minimum Gasteiger partial charge on any atom is -0.344 e. The van der Waals surface area contributed by atoms with Crippen LogP contribution in [0.25, 0.3) is 0 Å². The van der Waals surface area contributed by atoms with Crippen LogP contribution in [0.2, 0.25) is 0 Å². The zero-order valence-corrected chi connectivity index (χ0v) is 11.3. The average Bonchev–Trinajstić information content (AvgIpc) is 2.59. The van der Waals surface area contributed by atoms with Crippen molar-refractivity contribution in [3.8, 4) is 0 Å². The molecule has 0 aromatic rings. The highest BCUT2D eigenvalue weighted by molar-refractivity contribution is 7.98. The number of unbranched alkanes of at least 4 members (excludes halogenated alkanes) is 3. The molecular formula is C12H24N2OS. The maximum Gasteiger partial charge on any atom is 0.239 e. The first-order valence-corrected chi connectivity index (χ1v) is 7.62. The molecule has 1 aliphatic heterocycles. The van der Waals surface area contributed by atoms with Crippen LogP contribution in [-0.2, 0) is 4.79 Å². The maximum atomic E-state index is 11.6. The highest BCUT2D eigenvalue weighted by Gasteiger charge is 2.27. The van der Waals surface area contributed by atoms with Crippen LogP contribution in [0, 0.1) is 0 Å². The highest BCUT2D eigenvalue weighted by Crippen LogP contribution is 2.09. The standard InChI is InChI=1S/C12H24N2OS/c1-14-9-7-11(12(14)15)13-8-5-3-4-6-10-16-2/h11,13H,3-10H2,1-2H3. The molecule has 94 valence electrons. The number of hydrogen-bond acceptors (Lipinski definition) is 3. The zero-order chi connectivity index (χ0) is 11.8. The van der Waals surface area contributed by atoms with Gasteiger partial charge in [-0.3, -0.25) is 4.79 Å². The third kappa shape index (κ3) is 4.74. The summed E-state index contributed by atoms with van der Waals surface area (Å²) >= 11 is 1.92. The number of amides is 1. The summed E-state index contributed by atoms with van der Waals surface area (Å²) in [6.07, 6.45) is 8.26. The molecule has 1 amide bonds. The smallest absolute Gasteiger partial charge is 0.239 e.